The van der Waals surface area contributed by atoms with Gasteiger partial charge in [-0.15, -0.1) is 0 Å². The van der Waals surface area contributed by atoms with Crippen LogP contribution in [0.1, 0.15) is 30.9 Å². The smallest absolute Gasteiger partial charge is 0.318 e. The molecule has 2 aromatic carbocycles. The summed E-state index contributed by atoms with van der Waals surface area (Å²) in [5, 5.41) is 3.17. The van der Waals surface area contributed by atoms with Gasteiger partial charge in [0, 0.05) is 24.5 Å². The second kappa shape index (κ2) is 9.27. The monoisotopic (exact) mass is 425 g/mol. The van der Waals surface area contributed by atoms with Crippen molar-refractivity contribution in [3.05, 3.63) is 65.5 Å². The molecular formula is C25H32FN3O2. The molecule has 0 saturated carbocycles. The van der Waals surface area contributed by atoms with Gasteiger partial charge in [0.2, 0.25) is 0 Å². The summed E-state index contributed by atoms with van der Waals surface area (Å²) >= 11 is 0. The van der Waals surface area contributed by atoms with Crippen LogP contribution in [0.15, 0.2) is 48.5 Å². The van der Waals surface area contributed by atoms with Gasteiger partial charge < -0.3 is 19.9 Å². The molecule has 2 aromatic rings. The van der Waals surface area contributed by atoms with Crippen LogP contribution in [0.3, 0.4) is 0 Å². The summed E-state index contributed by atoms with van der Waals surface area (Å²) in [6.07, 6.45) is 2.80. The van der Waals surface area contributed by atoms with Crippen molar-refractivity contribution < 1.29 is 13.9 Å². The van der Waals surface area contributed by atoms with Crippen molar-refractivity contribution in [2.45, 2.75) is 38.8 Å². The topological polar surface area (TPSA) is 44.8 Å². The van der Waals surface area contributed by atoms with Gasteiger partial charge in [-0.3, -0.25) is 0 Å². The van der Waals surface area contributed by atoms with Gasteiger partial charge in [0.1, 0.15) is 11.6 Å². The Kier molecular flexibility index (Phi) is 6.46. The number of ether oxygens (including phenoxy) is 1. The van der Waals surface area contributed by atoms with Gasteiger partial charge in [-0.05, 0) is 81.7 Å². The Labute approximate surface area is 184 Å². The molecule has 4 rings (SSSR count). The number of nitrogens with one attached hydrogen (secondary N) is 1. The first kappa shape index (κ1) is 21.6. The summed E-state index contributed by atoms with van der Waals surface area (Å²) < 4.78 is 19.0. The number of hydrogen-bond acceptors (Lipinski definition) is 3. The first-order valence-corrected chi connectivity index (χ1v) is 11.2. The summed E-state index contributed by atoms with van der Waals surface area (Å²) in [5.74, 6) is 0.606. The molecule has 1 spiro atoms. The number of carbonyl (C=O) groups is 1. The summed E-state index contributed by atoms with van der Waals surface area (Å²) in [5.41, 5.74) is 2.16. The van der Waals surface area contributed by atoms with Gasteiger partial charge >= 0.3 is 6.03 Å². The number of halogens is 1. The molecule has 2 fully saturated rings. The van der Waals surface area contributed by atoms with Crippen molar-refractivity contribution in [2.75, 3.05) is 33.3 Å². The van der Waals surface area contributed by atoms with Crippen molar-refractivity contribution in [3.8, 4) is 5.75 Å². The Morgan fingerprint density at radius 2 is 1.71 bits per heavy atom. The standard InChI is InChI=1S/C25H32FN3O2/c1-3-31-22-10-6-20(7-11-22)17-29-23(16-19-4-8-21(26)9-5-19)25(18-27-24(29)30)12-14-28(2)15-13-25/h4-11,23H,3,12-18H2,1-2H3,(H,27,30). The summed E-state index contributed by atoms with van der Waals surface area (Å²) in [7, 11) is 2.15. The van der Waals surface area contributed by atoms with E-state index >= 15 is 0 Å². The molecule has 2 saturated heterocycles. The van der Waals surface area contributed by atoms with Crippen LogP contribution in [-0.4, -0.2) is 55.2 Å². The third kappa shape index (κ3) is 4.85. The van der Waals surface area contributed by atoms with E-state index in [1.807, 2.05) is 48.2 Å². The number of urea groups is 1. The zero-order valence-electron chi connectivity index (χ0n) is 18.4. The highest BCUT2D eigenvalue weighted by Crippen LogP contribution is 2.41. The van der Waals surface area contributed by atoms with E-state index in [1.54, 1.807) is 0 Å². The van der Waals surface area contributed by atoms with E-state index in [9.17, 15) is 9.18 Å². The fourth-order valence-electron chi connectivity index (χ4n) is 4.92. The molecular weight excluding hydrogens is 393 g/mol. The van der Waals surface area contributed by atoms with E-state index in [0.717, 1.165) is 49.2 Å². The average Bonchev–Trinajstić information content (AvgIpc) is 2.78. The summed E-state index contributed by atoms with van der Waals surface area (Å²) in [6, 6.07) is 14.7. The number of amides is 2. The highest BCUT2D eigenvalue weighted by atomic mass is 19.1. The third-order valence-corrected chi connectivity index (χ3v) is 6.85. The minimum Gasteiger partial charge on any atom is -0.494 e. The number of carbonyl (C=O) groups excluding carboxylic acids is 1. The molecule has 0 radical (unpaired) electrons. The van der Waals surface area contributed by atoms with Gasteiger partial charge in [-0.1, -0.05) is 24.3 Å². The van der Waals surface area contributed by atoms with Crippen LogP contribution in [0.25, 0.3) is 0 Å². The molecule has 2 amide bonds. The van der Waals surface area contributed by atoms with E-state index in [1.165, 1.54) is 12.1 Å². The first-order chi connectivity index (χ1) is 15.0. The maximum atomic E-state index is 13.5. The normalized spacial score (nSPS) is 21.2. The molecule has 0 bridgehead atoms. The van der Waals surface area contributed by atoms with Crippen LogP contribution in [0.5, 0.6) is 5.75 Å². The predicted molar refractivity (Wildman–Crippen MR) is 120 cm³/mol. The molecule has 0 aliphatic carbocycles. The lowest BCUT2D eigenvalue weighted by atomic mass is 9.68. The second-order valence-electron chi connectivity index (χ2n) is 8.88. The minimum absolute atomic E-state index is 0.0140. The molecule has 31 heavy (non-hydrogen) atoms. The van der Waals surface area contributed by atoms with Gasteiger partial charge in [0.05, 0.1) is 6.61 Å². The maximum Gasteiger partial charge on any atom is 0.318 e. The van der Waals surface area contributed by atoms with E-state index in [0.29, 0.717) is 19.7 Å². The van der Waals surface area contributed by atoms with Crippen LogP contribution in [0.4, 0.5) is 9.18 Å². The molecule has 0 aromatic heterocycles. The molecule has 2 aliphatic heterocycles. The van der Waals surface area contributed by atoms with Crippen LogP contribution >= 0.6 is 0 Å². The number of piperidine rings is 1. The van der Waals surface area contributed by atoms with Gasteiger partial charge in [-0.2, -0.15) is 0 Å². The third-order valence-electron chi connectivity index (χ3n) is 6.85. The van der Waals surface area contributed by atoms with E-state index in [4.69, 9.17) is 4.74 Å². The molecule has 6 heteroatoms. The fourth-order valence-corrected chi connectivity index (χ4v) is 4.92. The number of nitrogens with zero attached hydrogens (tertiary/aromatic N) is 2. The van der Waals surface area contributed by atoms with E-state index in [-0.39, 0.29) is 23.3 Å². The Hall–Kier alpha value is -2.60. The van der Waals surface area contributed by atoms with Gasteiger partial charge in [0.15, 0.2) is 0 Å². The maximum absolute atomic E-state index is 13.5. The molecule has 5 nitrogen and oxygen atoms in total. The van der Waals surface area contributed by atoms with Crippen molar-refractivity contribution >= 4 is 6.03 Å². The summed E-state index contributed by atoms with van der Waals surface area (Å²) in [4.78, 5) is 17.4. The van der Waals surface area contributed by atoms with Crippen LogP contribution in [0.2, 0.25) is 0 Å². The van der Waals surface area contributed by atoms with Crippen LogP contribution < -0.4 is 10.1 Å². The molecule has 1 N–H and O–H groups in total. The van der Waals surface area contributed by atoms with Crippen molar-refractivity contribution in [1.29, 1.82) is 0 Å². The lowest BCUT2D eigenvalue weighted by Crippen LogP contribution is -2.65. The highest BCUT2D eigenvalue weighted by Gasteiger charge is 2.48. The molecule has 166 valence electrons. The predicted octanol–water partition coefficient (Wildman–Crippen LogP) is 4.07. The Balaban J connectivity index is 1.62. The van der Waals surface area contributed by atoms with E-state index < -0.39 is 0 Å². The zero-order chi connectivity index (χ0) is 21.8. The Bertz CT molecular complexity index is 877. The average molecular weight is 426 g/mol. The number of likely N-dealkylation sites (tertiary alicyclic amines) is 1. The molecule has 2 aliphatic rings. The molecule has 2 heterocycles. The van der Waals surface area contributed by atoms with Crippen LogP contribution in [0, 0.1) is 11.2 Å². The molecule has 1 unspecified atom stereocenters. The lowest BCUT2D eigenvalue weighted by molar-refractivity contribution is 0.00453. The van der Waals surface area contributed by atoms with Crippen LogP contribution in [-0.2, 0) is 13.0 Å². The highest BCUT2D eigenvalue weighted by molar-refractivity contribution is 5.76. The zero-order valence-corrected chi connectivity index (χ0v) is 18.4. The largest absolute Gasteiger partial charge is 0.494 e. The minimum atomic E-state index is -0.231. The number of rotatable bonds is 6. The van der Waals surface area contributed by atoms with Gasteiger partial charge in [0.25, 0.3) is 0 Å². The van der Waals surface area contributed by atoms with Crippen molar-refractivity contribution in [1.82, 2.24) is 15.1 Å². The lowest BCUT2D eigenvalue weighted by Gasteiger charge is -2.53. The summed E-state index contributed by atoms with van der Waals surface area (Å²) in [6.45, 7) is 5.88. The number of benzene rings is 2. The second-order valence-corrected chi connectivity index (χ2v) is 8.88. The first-order valence-electron chi connectivity index (χ1n) is 11.2. The SMILES string of the molecule is CCOc1ccc(CN2C(=O)NCC3(CCN(C)CC3)C2Cc2ccc(F)cc2)cc1. The van der Waals surface area contributed by atoms with Crippen molar-refractivity contribution in [3.63, 3.8) is 0 Å². The molecule has 1 atom stereocenters. The number of hydrogen-bond donors (Lipinski definition) is 1. The Morgan fingerprint density at radius 1 is 1.06 bits per heavy atom. The van der Waals surface area contributed by atoms with Gasteiger partial charge in [-0.25, -0.2) is 9.18 Å². The quantitative estimate of drug-likeness (QED) is 0.759. The van der Waals surface area contributed by atoms with E-state index in [2.05, 4.69) is 17.3 Å². The van der Waals surface area contributed by atoms with Crippen molar-refractivity contribution in [2.24, 2.45) is 5.41 Å². The fraction of sp³-hybridized carbons (Fsp3) is 0.480. The Morgan fingerprint density at radius 3 is 2.35 bits per heavy atom.